The summed E-state index contributed by atoms with van der Waals surface area (Å²) >= 11 is 6.12. The molecular formula is C35H35ClN2O4. The smallest absolute Gasteiger partial charge is 0.340 e. The van der Waals surface area contributed by atoms with Gasteiger partial charge in [-0.1, -0.05) is 56.5 Å². The van der Waals surface area contributed by atoms with E-state index in [2.05, 4.69) is 42.3 Å². The van der Waals surface area contributed by atoms with Gasteiger partial charge >= 0.3 is 5.97 Å². The van der Waals surface area contributed by atoms with Crippen molar-refractivity contribution in [2.75, 3.05) is 30.4 Å². The number of fused-ring (bicyclic) bond motifs is 6. The normalized spacial score (nSPS) is 16.2. The summed E-state index contributed by atoms with van der Waals surface area (Å²) in [5, 5.41) is 4.09. The molecule has 0 radical (unpaired) electrons. The van der Waals surface area contributed by atoms with Crippen LogP contribution in [-0.2, 0) is 10.3 Å². The van der Waals surface area contributed by atoms with Crippen molar-refractivity contribution in [3.63, 3.8) is 0 Å². The van der Waals surface area contributed by atoms with E-state index in [9.17, 15) is 4.79 Å². The first-order chi connectivity index (χ1) is 20.5. The van der Waals surface area contributed by atoms with E-state index in [0.29, 0.717) is 33.5 Å². The highest BCUT2D eigenvalue weighted by Crippen LogP contribution is 2.58. The number of esters is 1. The standard InChI is InChI=1S/C35H35ClN2O4/c1-4-6-18-38(19-7-5-2)25-16-17-28-31(20-25)41-32-22-33(40-3)30(37-24-14-12-23(36)13-15-24)21-29(32)35(28)27-11-9-8-10-26(27)34(39)42-35/h8-17,20-22,37H,4-7,18-19H2,1-3H3. The number of anilines is 3. The molecule has 1 atom stereocenters. The number of methoxy groups -OCH3 is 1. The summed E-state index contributed by atoms with van der Waals surface area (Å²) in [6, 6.07) is 25.2. The average molecular weight is 583 g/mol. The van der Waals surface area contributed by atoms with Crippen LogP contribution in [0.1, 0.15) is 66.6 Å². The molecule has 216 valence electrons. The fourth-order valence-electron chi connectivity index (χ4n) is 5.91. The zero-order valence-corrected chi connectivity index (χ0v) is 25.0. The number of halogens is 1. The highest BCUT2D eigenvalue weighted by atomic mass is 35.5. The van der Waals surface area contributed by atoms with Crippen molar-refractivity contribution in [3.8, 4) is 17.2 Å². The van der Waals surface area contributed by atoms with Crippen molar-refractivity contribution in [1.29, 1.82) is 0 Å². The fourth-order valence-corrected chi connectivity index (χ4v) is 6.03. The van der Waals surface area contributed by atoms with Gasteiger partial charge in [0.1, 0.15) is 17.2 Å². The number of ether oxygens (including phenoxy) is 3. The molecule has 4 aromatic carbocycles. The molecule has 7 heteroatoms. The van der Waals surface area contributed by atoms with Gasteiger partial charge in [-0.25, -0.2) is 4.79 Å². The number of benzene rings is 4. The molecule has 1 N–H and O–H groups in total. The Labute approximate surface area is 252 Å². The fraction of sp³-hybridized carbons (Fsp3) is 0.286. The average Bonchev–Trinajstić information content (AvgIpc) is 3.31. The number of carbonyl (C=O) groups excluding carboxylic acids is 1. The monoisotopic (exact) mass is 582 g/mol. The number of unbranched alkanes of at least 4 members (excludes halogenated alkanes) is 2. The van der Waals surface area contributed by atoms with E-state index in [0.717, 1.165) is 66.8 Å². The summed E-state index contributed by atoms with van der Waals surface area (Å²) in [5.74, 6) is 1.49. The highest BCUT2D eigenvalue weighted by Gasteiger charge is 2.54. The summed E-state index contributed by atoms with van der Waals surface area (Å²) in [4.78, 5) is 15.8. The van der Waals surface area contributed by atoms with Gasteiger partial charge in [0.25, 0.3) is 0 Å². The molecule has 0 amide bonds. The van der Waals surface area contributed by atoms with Gasteiger partial charge in [0.05, 0.1) is 18.4 Å². The lowest BCUT2D eigenvalue weighted by molar-refractivity contribution is 0.0224. The molecule has 0 saturated carbocycles. The Morgan fingerprint density at radius 1 is 0.857 bits per heavy atom. The van der Waals surface area contributed by atoms with Gasteiger partial charge < -0.3 is 24.4 Å². The van der Waals surface area contributed by atoms with Crippen molar-refractivity contribution in [2.24, 2.45) is 0 Å². The Morgan fingerprint density at radius 2 is 1.57 bits per heavy atom. The second kappa shape index (κ2) is 11.6. The zero-order chi connectivity index (χ0) is 29.3. The molecule has 42 heavy (non-hydrogen) atoms. The lowest BCUT2D eigenvalue weighted by atomic mass is 9.77. The minimum Gasteiger partial charge on any atom is -0.494 e. The lowest BCUT2D eigenvalue weighted by Gasteiger charge is -2.38. The van der Waals surface area contributed by atoms with E-state index in [1.54, 1.807) is 7.11 Å². The molecule has 6 nitrogen and oxygen atoms in total. The van der Waals surface area contributed by atoms with Crippen molar-refractivity contribution < 1.29 is 19.0 Å². The minimum atomic E-state index is -1.17. The Bertz CT molecular complexity index is 1610. The number of rotatable bonds is 10. The molecule has 0 bridgehead atoms. The van der Waals surface area contributed by atoms with Crippen molar-refractivity contribution in [3.05, 3.63) is 106 Å². The first-order valence-electron chi connectivity index (χ1n) is 14.6. The van der Waals surface area contributed by atoms with Crippen LogP contribution in [-0.4, -0.2) is 26.2 Å². The second-order valence-electron chi connectivity index (χ2n) is 10.8. The molecule has 2 heterocycles. The number of nitrogens with zero attached hydrogens (tertiary/aromatic N) is 1. The van der Waals surface area contributed by atoms with Gasteiger partial charge in [-0.2, -0.15) is 0 Å². The molecule has 2 aliphatic heterocycles. The van der Waals surface area contributed by atoms with Crippen LogP contribution >= 0.6 is 11.6 Å². The van der Waals surface area contributed by atoms with E-state index in [1.807, 2.05) is 60.7 Å². The third-order valence-corrected chi connectivity index (χ3v) is 8.32. The second-order valence-corrected chi connectivity index (χ2v) is 11.2. The number of carbonyl (C=O) groups is 1. The van der Waals surface area contributed by atoms with Gasteiger partial charge in [-0.3, -0.25) is 0 Å². The minimum absolute atomic E-state index is 0.357. The lowest BCUT2D eigenvalue weighted by Crippen LogP contribution is -2.33. The summed E-state index contributed by atoms with van der Waals surface area (Å²) < 4.78 is 18.9. The summed E-state index contributed by atoms with van der Waals surface area (Å²) in [5.41, 5.74) is 4.36. The van der Waals surface area contributed by atoms with Gasteiger partial charge in [0, 0.05) is 58.3 Å². The Morgan fingerprint density at radius 3 is 2.29 bits per heavy atom. The molecule has 0 saturated heterocycles. The van der Waals surface area contributed by atoms with Crippen LogP contribution in [0.4, 0.5) is 17.1 Å². The van der Waals surface area contributed by atoms with Crippen LogP contribution in [0.5, 0.6) is 17.2 Å². The SMILES string of the molecule is CCCCN(CCCC)c1ccc2c(c1)Oc1cc(OC)c(Nc3ccc(Cl)cc3)cc1C21OC(=O)c2ccccc21. The van der Waals surface area contributed by atoms with Crippen LogP contribution in [0.25, 0.3) is 0 Å². The van der Waals surface area contributed by atoms with E-state index in [-0.39, 0.29) is 5.97 Å². The van der Waals surface area contributed by atoms with Gasteiger partial charge in [0.15, 0.2) is 5.60 Å². The zero-order valence-electron chi connectivity index (χ0n) is 24.2. The number of hydrogen-bond acceptors (Lipinski definition) is 6. The predicted molar refractivity (Wildman–Crippen MR) is 168 cm³/mol. The first kappa shape index (κ1) is 28.0. The van der Waals surface area contributed by atoms with E-state index in [1.165, 1.54) is 0 Å². The quantitative estimate of drug-likeness (QED) is 0.188. The van der Waals surface area contributed by atoms with E-state index < -0.39 is 5.60 Å². The summed E-state index contributed by atoms with van der Waals surface area (Å²) in [6.07, 6.45) is 4.47. The molecule has 1 spiro atoms. The topological polar surface area (TPSA) is 60.0 Å². The van der Waals surface area contributed by atoms with Crippen LogP contribution in [0.3, 0.4) is 0 Å². The van der Waals surface area contributed by atoms with Crippen LogP contribution in [0, 0.1) is 0 Å². The van der Waals surface area contributed by atoms with Crippen LogP contribution in [0.15, 0.2) is 78.9 Å². The maximum Gasteiger partial charge on any atom is 0.340 e. The number of nitrogens with one attached hydrogen (secondary N) is 1. The molecule has 0 aromatic heterocycles. The van der Waals surface area contributed by atoms with E-state index >= 15 is 0 Å². The van der Waals surface area contributed by atoms with Gasteiger partial charge in [-0.05, 0) is 61.4 Å². The number of hydrogen-bond donors (Lipinski definition) is 1. The van der Waals surface area contributed by atoms with Crippen LogP contribution in [0.2, 0.25) is 5.02 Å². The Kier molecular flexibility index (Phi) is 7.74. The maximum atomic E-state index is 13.4. The molecule has 6 rings (SSSR count). The van der Waals surface area contributed by atoms with Crippen molar-refractivity contribution in [2.45, 2.75) is 45.1 Å². The van der Waals surface area contributed by atoms with Gasteiger partial charge in [0.2, 0.25) is 0 Å². The summed E-state index contributed by atoms with van der Waals surface area (Å²) in [6.45, 7) is 6.37. The van der Waals surface area contributed by atoms with Crippen molar-refractivity contribution in [1.82, 2.24) is 0 Å². The van der Waals surface area contributed by atoms with Gasteiger partial charge in [-0.15, -0.1) is 0 Å². The molecule has 1 unspecified atom stereocenters. The third-order valence-electron chi connectivity index (χ3n) is 8.07. The Balaban J connectivity index is 1.52. The third kappa shape index (κ3) is 4.84. The first-order valence-corrected chi connectivity index (χ1v) is 15.0. The summed E-state index contributed by atoms with van der Waals surface area (Å²) in [7, 11) is 1.63. The molecule has 2 aliphatic rings. The Hall–Kier alpha value is -4.16. The molecule has 0 aliphatic carbocycles. The predicted octanol–water partition coefficient (Wildman–Crippen LogP) is 9.07. The molecule has 0 fully saturated rings. The maximum absolute atomic E-state index is 13.4. The highest BCUT2D eigenvalue weighted by molar-refractivity contribution is 6.30. The molecular weight excluding hydrogens is 548 g/mol. The van der Waals surface area contributed by atoms with E-state index in [4.69, 9.17) is 25.8 Å². The largest absolute Gasteiger partial charge is 0.494 e. The van der Waals surface area contributed by atoms with Crippen LogP contribution < -0.4 is 19.7 Å². The molecule has 4 aromatic rings. The van der Waals surface area contributed by atoms with Crippen molar-refractivity contribution >= 4 is 34.6 Å².